The molecule has 0 fully saturated rings. The lowest BCUT2D eigenvalue weighted by Crippen LogP contribution is -2.11. The van der Waals surface area contributed by atoms with Gasteiger partial charge < -0.3 is 5.73 Å². The van der Waals surface area contributed by atoms with Gasteiger partial charge in [0.25, 0.3) is 0 Å². The minimum atomic E-state index is -0.0837. The summed E-state index contributed by atoms with van der Waals surface area (Å²) >= 11 is 0. The van der Waals surface area contributed by atoms with Crippen LogP contribution in [0.1, 0.15) is 37.7 Å². The molecule has 3 heteroatoms. The number of rotatable bonds is 2. The van der Waals surface area contributed by atoms with E-state index in [2.05, 4.69) is 30.8 Å². The van der Waals surface area contributed by atoms with Crippen molar-refractivity contribution in [3.63, 3.8) is 0 Å². The van der Waals surface area contributed by atoms with Gasteiger partial charge in [0.1, 0.15) is 0 Å². The Morgan fingerprint density at radius 3 is 2.53 bits per heavy atom. The molecule has 1 rings (SSSR count). The van der Waals surface area contributed by atoms with Gasteiger partial charge in [-0.25, -0.2) is 0 Å². The highest BCUT2D eigenvalue weighted by Gasteiger charge is 2.10. The molecule has 0 saturated heterocycles. The first-order valence-electron chi connectivity index (χ1n) is 5.42. The van der Waals surface area contributed by atoms with Crippen LogP contribution in [0.4, 0.5) is 0 Å². The molecular formula is C12H19N3. The van der Waals surface area contributed by atoms with Crippen LogP contribution in [0.2, 0.25) is 0 Å². The van der Waals surface area contributed by atoms with Crippen LogP contribution in [-0.4, -0.2) is 15.8 Å². The highest BCUT2D eigenvalue weighted by atomic mass is 15.3. The summed E-state index contributed by atoms with van der Waals surface area (Å²) < 4.78 is 1.92. The van der Waals surface area contributed by atoms with Gasteiger partial charge >= 0.3 is 0 Å². The van der Waals surface area contributed by atoms with E-state index < -0.39 is 0 Å². The molecule has 0 saturated carbocycles. The molecule has 0 aromatic carbocycles. The molecule has 0 bridgehead atoms. The quantitative estimate of drug-likeness (QED) is 0.738. The molecular weight excluding hydrogens is 186 g/mol. The Kier molecular flexibility index (Phi) is 3.93. The van der Waals surface area contributed by atoms with Crippen molar-refractivity contribution in [3.05, 3.63) is 17.0 Å². The Bertz CT molecular complexity index is 391. The molecule has 1 heterocycles. The Hall–Kier alpha value is -1.27. The topological polar surface area (TPSA) is 43.8 Å². The van der Waals surface area contributed by atoms with E-state index in [0.717, 1.165) is 24.1 Å². The van der Waals surface area contributed by atoms with E-state index in [0.29, 0.717) is 0 Å². The van der Waals surface area contributed by atoms with Gasteiger partial charge in [0.15, 0.2) is 0 Å². The second-order valence-corrected chi connectivity index (χ2v) is 3.66. The lowest BCUT2D eigenvalue weighted by atomic mass is 10.1. The summed E-state index contributed by atoms with van der Waals surface area (Å²) in [6, 6.07) is -0.0837. The minimum absolute atomic E-state index is 0.0837. The number of nitrogens with two attached hydrogens (primary N) is 1. The molecule has 1 aromatic rings. The van der Waals surface area contributed by atoms with E-state index in [1.54, 1.807) is 0 Å². The van der Waals surface area contributed by atoms with Gasteiger partial charge in [-0.15, -0.1) is 0 Å². The van der Waals surface area contributed by atoms with Gasteiger partial charge in [-0.1, -0.05) is 25.7 Å². The molecule has 0 aliphatic rings. The standard InChI is InChI=1S/C12H19N3/c1-5-11-10(8-7-9(3)13)12(6-2)15(4)14-11/h9H,5-6,13H2,1-4H3. The van der Waals surface area contributed by atoms with Crippen molar-refractivity contribution in [2.75, 3.05) is 0 Å². The fourth-order valence-corrected chi connectivity index (χ4v) is 1.60. The van der Waals surface area contributed by atoms with Gasteiger partial charge in [-0.3, -0.25) is 4.68 Å². The van der Waals surface area contributed by atoms with Gasteiger partial charge in [-0.2, -0.15) is 5.10 Å². The van der Waals surface area contributed by atoms with Gasteiger partial charge in [0.05, 0.1) is 23.0 Å². The monoisotopic (exact) mass is 205 g/mol. The Balaban J connectivity index is 3.19. The molecule has 0 radical (unpaired) electrons. The van der Waals surface area contributed by atoms with E-state index in [4.69, 9.17) is 5.73 Å². The maximum atomic E-state index is 5.63. The molecule has 1 unspecified atom stereocenters. The second kappa shape index (κ2) is 4.99. The van der Waals surface area contributed by atoms with Gasteiger partial charge in [0, 0.05) is 7.05 Å². The van der Waals surface area contributed by atoms with Crippen LogP contribution in [-0.2, 0) is 19.9 Å². The first-order valence-corrected chi connectivity index (χ1v) is 5.42. The average molecular weight is 205 g/mol. The number of nitrogens with zero attached hydrogens (tertiary/aromatic N) is 2. The van der Waals surface area contributed by atoms with Crippen LogP contribution in [0.5, 0.6) is 0 Å². The summed E-state index contributed by atoms with van der Waals surface area (Å²) in [5.41, 5.74) is 8.96. The molecule has 15 heavy (non-hydrogen) atoms. The van der Waals surface area contributed by atoms with Crippen molar-refractivity contribution in [2.24, 2.45) is 12.8 Å². The van der Waals surface area contributed by atoms with Crippen molar-refractivity contribution in [1.82, 2.24) is 9.78 Å². The van der Waals surface area contributed by atoms with Crippen molar-refractivity contribution in [1.29, 1.82) is 0 Å². The highest BCUT2D eigenvalue weighted by molar-refractivity contribution is 5.43. The lowest BCUT2D eigenvalue weighted by Gasteiger charge is -1.97. The predicted octanol–water partition coefficient (Wildman–Crippen LogP) is 1.24. The molecule has 1 atom stereocenters. The number of aromatic nitrogens is 2. The van der Waals surface area contributed by atoms with Crippen LogP contribution < -0.4 is 5.73 Å². The molecule has 0 spiro atoms. The zero-order valence-electron chi connectivity index (χ0n) is 9.96. The Morgan fingerprint density at radius 2 is 2.07 bits per heavy atom. The fraction of sp³-hybridized carbons (Fsp3) is 0.583. The summed E-state index contributed by atoms with van der Waals surface area (Å²) in [4.78, 5) is 0. The van der Waals surface area contributed by atoms with Crippen LogP contribution in [0.15, 0.2) is 0 Å². The van der Waals surface area contributed by atoms with Gasteiger partial charge in [0.2, 0.25) is 0 Å². The number of aryl methyl sites for hydroxylation is 2. The van der Waals surface area contributed by atoms with Crippen molar-refractivity contribution < 1.29 is 0 Å². The number of hydrogen-bond acceptors (Lipinski definition) is 2. The van der Waals surface area contributed by atoms with Gasteiger partial charge in [-0.05, 0) is 19.8 Å². The normalized spacial score (nSPS) is 12.1. The third kappa shape index (κ3) is 2.60. The smallest absolute Gasteiger partial charge is 0.0781 e. The van der Waals surface area contributed by atoms with E-state index in [1.807, 2.05) is 18.7 Å². The molecule has 0 amide bonds. The Morgan fingerprint density at radius 1 is 1.40 bits per heavy atom. The predicted molar refractivity (Wildman–Crippen MR) is 62.5 cm³/mol. The van der Waals surface area contributed by atoms with Crippen molar-refractivity contribution in [3.8, 4) is 11.8 Å². The summed E-state index contributed by atoms with van der Waals surface area (Å²) in [6.07, 6.45) is 1.86. The summed E-state index contributed by atoms with van der Waals surface area (Å²) in [6.45, 7) is 6.10. The van der Waals surface area contributed by atoms with Crippen molar-refractivity contribution in [2.45, 2.75) is 39.7 Å². The van der Waals surface area contributed by atoms with E-state index in [9.17, 15) is 0 Å². The van der Waals surface area contributed by atoms with E-state index >= 15 is 0 Å². The zero-order chi connectivity index (χ0) is 11.4. The molecule has 2 N–H and O–H groups in total. The SMILES string of the molecule is CCc1nn(C)c(CC)c1C#CC(C)N. The third-order valence-electron chi connectivity index (χ3n) is 2.33. The zero-order valence-corrected chi connectivity index (χ0v) is 9.96. The first-order chi connectivity index (χ1) is 7.10. The van der Waals surface area contributed by atoms with Crippen molar-refractivity contribution >= 4 is 0 Å². The summed E-state index contributed by atoms with van der Waals surface area (Å²) in [7, 11) is 1.97. The minimum Gasteiger partial charge on any atom is -0.318 e. The summed E-state index contributed by atoms with van der Waals surface area (Å²) in [5, 5.41) is 4.45. The Labute approximate surface area is 91.7 Å². The van der Waals surface area contributed by atoms with E-state index in [-0.39, 0.29) is 6.04 Å². The van der Waals surface area contributed by atoms with Crippen LogP contribution in [0.3, 0.4) is 0 Å². The lowest BCUT2D eigenvalue weighted by molar-refractivity contribution is 0.704. The summed E-state index contributed by atoms with van der Waals surface area (Å²) in [5.74, 6) is 6.14. The third-order valence-corrected chi connectivity index (χ3v) is 2.33. The molecule has 0 aliphatic carbocycles. The van der Waals surface area contributed by atoms with E-state index in [1.165, 1.54) is 5.69 Å². The average Bonchev–Trinajstić information content (AvgIpc) is 2.50. The van der Waals surface area contributed by atoms with Crippen LogP contribution in [0.25, 0.3) is 0 Å². The molecule has 82 valence electrons. The molecule has 3 nitrogen and oxygen atoms in total. The first kappa shape index (κ1) is 11.8. The highest BCUT2D eigenvalue weighted by Crippen LogP contribution is 2.13. The maximum absolute atomic E-state index is 5.63. The number of hydrogen-bond donors (Lipinski definition) is 1. The molecule has 1 aromatic heterocycles. The van der Waals surface area contributed by atoms with Crippen LogP contribution >= 0.6 is 0 Å². The maximum Gasteiger partial charge on any atom is 0.0781 e. The molecule has 0 aliphatic heterocycles. The second-order valence-electron chi connectivity index (χ2n) is 3.66. The largest absolute Gasteiger partial charge is 0.318 e. The fourth-order valence-electron chi connectivity index (χ4n) is 1.60. The van der Waals surface area contributed by atoms with Crippen LogP contribution in [0, 0.1) is 11.8 Å².